The number of anilines is 4. The predicted octanol–water partition coefficient (Wildman–Crippen LogP) is 2.73. The molecule has 0 aliphatic heterocycles. The highest BCUT2D eigenvalue weighted by Gasteiger charge is 2.09. The number of benzene rings is 2. The zero-order valence-electron chi connectivity index (χ0n) is 12.6. The Kier molecular flexibility index (Phi) is 6.36. The number of hydrogen-bond donors (Lipinski definition) is 4. The molecule has 0 atom stereocenters. The van der Waals surface area contributed by atoms with Crippen LogP contribution in [0.15, 0.2) is 36.4 Å². The highest BCUT2D eigenvalue weighted by Crippen LogP contribution is 2.35. The SMILES string of the molecule is CCOCC.Nc1cccc(-c2cccc(N)c2N)c1N. The minimum absolute atomic E-state index is 0.528. The highest BCUT2D eigenvalue weighted by molar-refractivity contribution is 5.92. The van der Waals surface area contributed by atoms with Crippen LogP contribution in [0.3, 0.4) is 0 Å². The Morgan fingerprint density at radius 2 is 1.10 bits per heavy atom. The molecule has 2 aromatic carbocycles. The largest absolute Gasteiger partial charge is 0.397 e. The fraction of sp³-hybridized carbons (Fsp3) is 0.250. The standard InChI is InChI=1S/C12H14N4.C4H10O/c13-9-5-1-3-7(11(9)15)8-4-2-6-10(14)12(8)16;1-3-5-4-2/h1-6H,13-16H2;3-4H2,1-2H3. The summed E-state index contributed by atoms with van der Waals surface area (Å²) in [6.45, 7) is 5.67. The van der Waals surface area contributed by atoms with Crippen molar-refractivity contribution in [1.29, 1.82) is 0 Å². The molecule has 0 amide bonds. The Hall–Kier alpha value is -2.40. The summed E-state index contributed by atoms with van der Waals surface area (Å²) in [7, 11) is 0. The van der Waals surface area contributed by atoms with Crippen LogP contribution in [0.25, 0.3) is 11.1 Å². The summed E-state index contributed by atoms with van der Waals surface area (Å²) < 4.78 is 4.83. The van der Waals surface area contributed by atoms with E-state index in [1.165, 1.54) is 0 Å². The first kappa shape index (κ1) is 16.7. The molecule has 5 nitrogen and oxygen atoms in total. The molecule has 114 valence electrons. The number of para-hydroxylation sites is 2. The maximum atomic E-state index is 5.91. The number of nitrogens with two attached hydrogens (primary N) is 4. The van der Waals surface area contributed by atoms with E-state index in [4.69, 9.17) is 27.7 Å². The van der Waals surface area contributed by atoms with Crippen LogP contribution < -0.4 is 22.9 Å². The van der Waals surface area contributed by atoms with Gasteiger partial charge in [0.2, 0.25) is 0 Å². The summed E-state index contributed by atoms with van der Waals surface area (Å²) in [5.74, 6) is 0. The van der Waals surface area contributed by atoms with E-state index in [1.54, 1.807) is 12.1 Å². The van der Waals surface area contributed by atoms with Gasteiger partial charge < -0.3 is 27.7 Å². The summed E-state index contributed by atoms with van der Waals surface area (Å²) in [5.41, 5.74) is 27.1. The zero-order valence-corrected chi connectivity index (χ0v) is 12.6. The van der Waals surface area contributed by atoms with E-state index >= 15 is 0 Å². The molecule has 21 heavy (non-hydrogen) atoms. The van der Waals surface area contributed by atoms with E-state index in [0.29, 0.717) is 22.7 Å². The van der Waals surface area contributed by atoms with Gasteiger partial charge in [-0.1, -0.05) is 24.3 Å². The minimum Gasteiger partial charge on any atom is -0.397 e. The van der Waals surface area contributed by atoms with Gasteiger partial charge in [0.25, 0.3) is 0 Å². The van der Waals surface area contributed by atoms with Crippen LogP contribution in [0.4, 0.5) is 22.7 Å². The minimum atomic E-state index is 0.528. The molecule has 0 aliphatic rings. The Morgan fingerprint density at radius 1 is 0.714 bits per heavy atom. The Balaban J connectivity index is 0.000000383. The van der Waals surface area contributed by atoms with Gasteiger partial charge in [-0.15, -0.1) is 0 Å². The van der Waals surface area contributed by atoms with Crippen molar-refractivity contribution in [2.45, 2.75) is 13.8 Å². The number of hydrogen-bond acceptors (Lipinski definition) is 5. The molecule has 0 unspecified atom stereocenters. The molecular weight excluding hydrogens is 264 g/mol. The van der Waals surface area contributed by atoms with Gasteiger partial charge in [-0.05, 0) is 26.0 Å². The average molecular weight is 288 g/mol. The van der Waals surface area contributed by atoms with Crippen LogP contribution in [0, 0.1) is 0 Å². The molecule has 0 saturated carbocycles. The monoisotopic (exact) mass is 288 g/mol. The van der Waals surface area contributed by atoms with E-state index in [0.717, 1.165) is 24.3 Å². The van der Waals surface area contributed by atoms with Crippen molar-refractivity contribution in [1.82, 2.24) is 0 Å². The summed E-state index contributed by atoms with van der Waals surface area (Å²) in [6.07, 6.45) is 0. The fourth-order valence-electron chi connectivity index (χ4n) is 1.84. The fourth-order valence-corrected chi connectivity index (χ4v) is 1.84. The molecule has 0 fully saturated rings. The third-order valence-corrected chi connectivity index (χ3v) is 2.98. The van der Waals surface area contributed by atoms with Crippen LogP contribution in [0.1, 0.15) is 13.8 Å². The first-order valence-corrected chi connectivity index (χ1v) is 6.88. The van der Waals surface area contributed by atoms with Crippen LogP contribution in [0.2, 0.25) is 0 Å². The summed E-state index contributed by atoms with van der Waals surface area (Å²) in [5, 5.41) is 0. The predicted molar refractivity (Wildman–Crippen MR) is 91.7 cm³/mol. The molecule has 0 saturated heterocycles. The van der Waals surface area contributed by atoms with E-state index in [-0.39, 0.29) is 0 Å². The summed E-state index contributed by atoms with van der Waals surface area (Å²) >= 11 is 0. The van der Waals surface area contributed by atoms with Gasteiger partial charge in [0.05, 0.1) is 22.7 Å². The molecule has 0 aromatic heterocycles. The smallest absolute Gasteiger partial charge is 0.0628 e. The lowest BCUT2D eigenvalue weighted by molar-refractivity contribution is 0.162. The lowest BCUT2D eigenvalue weighted by atomic mass is 10.0. The number of ether oxygens (including phenoxy) is 1. The lowest BCUT2D eigenvalue weighted by Gasteiger charge is -2.11. The van der Waals surface area contributed by atoms with Gasteiger partial charge in [0.15, 0.2) is 0 Å². The van der Waals surface area contributed by atoms with E-state index in [2.05, 4.69) is 0 Å². The van der Waals surface area contributed by atoms with Crippen molar-refractivity contribution in [3.05, 3.63) is 36.4 Å². The van der Waals surface area contributed by atoms with Crippen molar-refractivity contribution in [2.24, 2.45) is 0 Å². The molecule has 0 bridgehead atoms. The summed E-state index contributed by atoms with van der Waals surface area (Å²) in [6, 6.07) is 10.9. The van der Waals surface area contributed by atoms with Crippen molar-refractivity contribution in [3.8, 4) is 11.1 Å². The first-order valence-electron chi connectivity index (χ1n) is 6.88. The second-order valence-electron chi connectivity index (χ2n) is 4.40. The van der Waals surface area contributed by atoms with Gasteiger partial charge in [0, 0.05) is 24.3 Å². The van der Waals surface area contributed by atoms with Crippen LogP contribution in [0.5, 0.6) is 0 Å². The van der Waals surface area contributed by atoms with Gasteiger partial charge in [-0.2, -0.15) is 0 Å². The third-order valence-electron chi connectivity index (χ3n) is 2.98. The number of rotatable bonds is 3. The maximum absolute atomic E-state index is 5.91. The molecule has 0 aliphatic carbocycles. The van der Waals surface area contributed by atoms with Crippen molar-refractivity contribution in [2.75, 3.05) is 36.1 Å². The molecule has 5 heteroatoms. The lowest BCUT2D eigenvalue weighted by Crippen LogP contribution is -2.00. The number of nitrogen functional groups attached to an aromatic ring is 4. The molecule has 0 radical (unpaired) electrons. The molecule has 0 heterocycles. The Bertz CT molecular complexity index is 533. The topological polar surface area (TPSA) is 113 Å². The molecular formula is C16H24N4O. The molecule has 0 spiro atoms. The van der Waals surface area contributed by atoms with Gasteiger partial charge in [0.1, 0.15) is 0 Å². The van der Waals surface area contributed by atoms with E-state index in [9.17, 15) is 0 Å². The molecule has 8 N–H and O–H groups in total. The van der Waals surface area contributed by atoms with Gasteiger partial charge >= 0.3 is 0 Å². The zero-order chi connectivity index (χ0) is 15.8. The van der Waals surface area contributed by atoms with Crippen molar-refractivity contribution in [3.63, 3.8) is 0 Å². The quantitative estimate of drug-likeness (QED) is 0.648. The molecule has 2 rings (SSSR count). The van der Waals surface area contributed by atoms with Gasteiger partial charge in [-0.3, -0.25) is 0 Å². The second kappa shape index (κ2) is 8.01. The Morgan fingerprint density at radius 3 is 1.38 bits per heavy atom. The van der Waals surface area contributed by atoms with E-state index in [1.807, 2.05) is 38.1 Å². The normalized spacial score (nSPS) is 9.81. The third kappa shape index (κ3) is 4.29. The van der Waals surface area contributed by atoms with Crippen LogP contribution in [-0.2, 0) is 4.74 Å². The maximum Gasteiger partial charge on any atom is 0.0628 e. The highest BCUT2D eigenvalue weighted by atomic mass is 16.5. The molecule has 2 aromatic rings. The van der Waals surface area contributed by atoms with Crippen LogP contribution in [-0.4, -0.2) is 13.2 Å². The first-order chi connectivity index (χ1) is 10.0. The van der Waals surface area contributed by atoms with Gasteiger partial charge in [-0.25, -0.2) is 0 Å². The van der Waals surface area contributed by atoms with Crippen molar-refractivity contribution >= 4 is 22.7 Å². The van der Waals surface area contributed by atoms with Crippen LogP contribution >= 0.6 is 0 Å². The summed E-state index contributed by atoms with van der Waals surface area (Å²) in [4.78, 5) is 0. The van der Waals surface area contributed by atoms with E-state index < -0.39 is 0 Å². The van der Waals surface area contributed by atoms with Crippen molar-refractivity contribution < 1.29 is 4.74 Å². The Labute approximate surface area is 125 Å². The average Bonchev–Trinajstić information content (AvgIpc) is 2.47. The second-order valence-corrected chi connectivity index (χ2v) is 4.40.